The van der Waals surface area contributed by atoms with E-state index in [0.29, 0.717) is 35.1 Å². The van der Waals surface area contributed by atoms with Crippen LogP contribution in [0.2, 0.25) is 0 Å². The molecule has 5 heterocycles. The summed E-state index contributed by atoms with van der Waals surface area (Å²) >= 11 is 0. The van der Waals surface area contributed by atoms with Crippen molar-refractivity contribution < 1.29 is 4.39 Å². The Kier molecular flexibility index (Phi) is 5.57. The predicted molar refractivity (Wildman–Crippen MR) is 137 cm³/mol. The summed E-state index contributed by atoms with van der Waals surface area (Å²) < 4.78 is 17.2. The van der Waals surface area contributed by atoms with Crippen LogP contribution in [0.3, 0.4) is 0 Å². The second kappa shape index (κ2) is 9.21. The number of nitrogens with one attached hydrogen (secondary N) is 1. The number of halogens is 1. The molecule has 6 rings (SSSR count). The molecule has 0 atom stereocenters. The molecule has 0 unspecified atom stereocenters. The summed E-state index contributed by atoms with van der Waals surface area (Å²) in [6, 6.07) is 12.1. The quantitative estimate of drug-likeness (QED) is 0.364. The number of nitrogens with zero attached hydrogens (tertiary/aromatic N) is 9. The number of aromatic amines is 1. The smallest absolute Gasteiger partial charge is 0.285 e. The number of para-hydroxylation sites is 1. The molecule has 12 heteroatoms. The summed E-state index contributed by atoms with van der Waals surface area (Å²) in [5, 5.41) is 14.4. The average molecular weight is 507 g/mol. The molecule has 1 aromatic carbocycles. The molecule has 5 aromatic heterocycles. The minimum Gasteiger partial charge on any atom is -0.349 e. The molecule has 6 aromatic rings. The lowest BCUT2D eigenvalue weighted by Crippen LogP contribution is -2.32. The van der Waals surface area contributed by atoms with Crippen molar-refractivity contribution in [2.24, 2.45) is 0 Å². The number of nitriles is 1. The fraction of sp³-hybridized carbons (Fsp3) is 0.115. The van der Waals surface area contributed by atoms with E-state index in [0.717, 1.165) is 10.9 Å². The third kappa shape index (κ3) is 3.73. The molecule has 0 bridgehead atoms. The maximum atomic E-state index is 14.5. The average Bonchev–Trinajstić information content (AvgIpc) is 3.56. The molecule has 0 saturated carbocycles. The normalized spacial score (nSPS) is 11.2. The number of hydrogen-bond donors (Lipinski definition) is 1. The summed E-state index contributed by atoms with van der Waals surface area (Å²) in [6.45, 7) is 2.67. The minimum atomic E-state index is -0.634. The van der Waals surface area contributed by atoms with Gasteiger partial charge in [-0.15, -0.1) is 0 Å². The second-order valence-electron chi connectivity index (χ2n) is 8.39. The molecule has 0 saturated heterocycles. The van der Waals surface area contributed by atoms with Crippen molar-refractivity contribution in [1.29, 1.82) is 5.26 Å². The van der Waals surface area contributed by atoms with Gasteiger partial charge < -0.3 is 9.88 Å². The van der Waals surface area contributed by atoms with Gasteiger partial charge in [-0.3, -0.25) is 9.36 Å². The highest BCUT2D eigenvalue weighted by molar-refractivity contribution is 6.00. The number of fused-ring (bicyclic) bond motifs is 2. The van der Waals surface area contributed by atoms with Gasteiger partial charge in [0.05, 0.1) is 17.6 Å². The van der Waals surface area contributed by atoms with Gasteiger partial charge in [-0.25, -0.2) is 28.8 Å². The van der Waals surface area contributed by atoms with Crippen molar-refractivity contribution in [3.05, 3.63) is 95.3 Å². The van der Waals surface area contributed by atoms with Crippen LogP contribution in [0.15, 0.2) is 72.3 Å². The molecule has 1 N–H and O–H groups in total. The van der Waals surface area contributed by atoms with Gasteiger partial charge in [0.15, 0.2) is 17.2 Å². The lowest BCUT2D eigenvalue weighted by Gasteiger charge is -2.24. The highest BCUT2D eigenvalue weighted by atomic mass is 19.1. The molecule has 0 amide bonds. The molecule has 38 heavy (non-hydrogen) atoms. The van der Waals surface area contributed by atoms with Gasteiger partial charge in [0.1, 0.15) is 23.9 Å². The monoisotopic (exact) mass is 506 g/mol. The van der Waals surface area contributed by atoms with E-state index < -0.39 is 11.4 Å². The Bertz CT molecular complexity index is 1880. The zero-order chi connectivity index (χ0) is 26.2. The van der Waals surface area contributed by atoms with Crippen LogP contribution in [-0.4, -0.2) is 45.6 Å². The number of H-pyrrole nitrogens is 1. The van der Waals surface area contributed by atoms with E-state index in [4.69, 9.17) is 5.26 Å². The second-order valence-corrected chi connectivity index (χ2v) is 8.39. The van der Waals surface area contributed by atoms with E-state index in [-0.39, 0.29) is 17.9 Å². The Morgan fingerprint density at radius 2 is 1.89 bits per heavy atom. The Labute approximate surface area is 214 Å². The number of benzene rings is 1. The van der Waals surface area contributed by atoms with E-state index in [1.807, 2.05) is 36.1 Å². The predicted octanol–water partition coefficient (Wildman–Crippen LogP) is 3.25. The van der Waals surface area contributed by atoms with E-state index >= 15 is 0 Å². The fourth-order valence-electron chi connectivity index (χ4n) is 4.47. The van der Waals surface area contributed by atoms with Crippen molar-refractivity contribution in [3.63, 3.8) is 0 Å². The van der Waals surface area contributed by atoms with Crippen molar-refractivity contribution in [2.45, 2.75) is 13.5 Å². The third-order valence-electron chi connectivity index (χ3n) is 6.24. The SMILES string of the molecule is CCN(Cc1nn2ccc(F)c2c(=O)n1-c1ccccc1)c1ncnc2[nH]cc(-c3cnc(C#N)nc3)c12. The molecule has 0 fully saturated rings. The summed E-state index contributed by atoms with van der Waals surface area (Å²) in [5.41, 5.74) is 1.98. The Morgan fingerprint density at radius 1 is 1.11 bits per heavy atom. The molecular formula is C26H19FN10O. The summed E-state index contributed by atoms with van der Waals surface area (Å²) in [7, 11) is 0. The highest BCUT2D eigenvalue weighted by Crippen LogP contribution is 2.33. The first-order chi connectivity index (χ1) is 18.6. The molecule has 0 spiro atoms. The summed E-state index contributed by atoms with van der Waals surface area (Å²) in [5.74, 6) is 0.440. The summed E-state index contributed by atoms with van der Waals surface area (Å²) in [4.78, 5) is 35.7. The zero-order valence-corrected chi connectivity index (χ0v) is 20.1. The maximum absolute atomic E-state index is 14.5. The minimum absolute atomic E-state index is 0.0713. The van der Waals surface area contributed by atoms with Gasteiger partial charge in [-0.1, -0.05) is 18.2 Å². The first kappa shape index (κ1) is 23.0. The molecule has 0 radical (unpaired) electrons. The van der Waals surface area contributed by atoms with Gasteiger partial charge >= 0.3 is 0 Å². The summed E-state index contributed by atoms with van der Waals surface area (Å²) in [6.07, 6.45) is 7.82. The van der Waals surface area contributed by atoms with E-state index in [1.54, 1.807) is 30.7 Å². The van der Waals surface area contributed by atoms with Crippen LogP contribution in [0.5, 0.6) is 0 Å². The third-order valence-corrected chi connectivity index (χ3v) is 6.24. The van der Waals surface area contributed by atoms with Gasteiger partial charge in [0.2, 0.25) is 5.82 Å². The van der Waals surface area contributed by atoms with Crippen molar-refractivity contribution in [2.75, 3.05) is 11.4 Å². The number of hydrogen-bond acceptors (Lipinski definition) is 8. The van der Waals surface area contributed by atoms with Crippen LogP contribution in [0.4, 0.5) is 10.2 Å². The van der Waals surface area contributed by atoms with Crippen LogP contribution in [0.25, 0.3) is 33.4 Å². The first-order valence-electron chi connectivity index (χ1n) is 11.7. The topological polar surface area (TPSA) is 134 Å². The van der Waals surface area contributed by atoms with Gasteiger partial charge in [0.25, 0.3) is 5.56 Å². The van der Waals surface area contributed by atoms with Crippen LogP contribution < -0.4 is 10.5 Å². The maximum Gasteiger partial charge on any atom is 0.285 e. The fourth-order valence-corrected chi connectivity index (χ4v) is 4.47. The van der Waals surface area contributed by atoms with E-state index in [1.165, 1.54) is 27.7 Å². The van der Waals surface area contributed by atoms with Gasteiger partial charge in [-0.05, 0) is 25.1 Å². The molecule has 0 aliphatic heterocycles. The highest BCUT2D eigenvalue weighted by Gasteiger charge is 2.22. The number of anilines is 1. The molecule has 186 valence electrons. The zero-order valence-electron chi connectivity index (χ0n) is 20.1. The van der Waals surface area contributed by atoms with Crippen LogP contribution in [0.1, 0.15) is 18.6 Å². The van der Waals surface area contributed by atoms with Crippen LogP contribution in [0, 0.1) is 17.1 Å². The first-order valence-corrected chi connectivity index (χ1v) is 11.7. The Balaban J connectivity index is 1.51. The van der Waals surface area contributed by atoms with Crippen molar-refractivity contribution >= 4 is 22.4 Å². The van der Waals surface area contributed by atoms with Gasteiger partial charge in [0, 0.05) is 42.5 Å². The number of rotatable bonds is 6. The standard InChI is InChI=1S/C26H19FN10O/c1-2-35(25-22-18(13-31-24(22)32-15-33-25)16-11-29-20(10-28)30-12-16)14-21-34-36-9-8-19(27)23(36)26(38)37(21)17-6-4-3-5-7-17/h3-9,11-13,15H,2,14H2,1H3,(H,31,32,33). The largest absolute Gasteiger partial charge is 0.349 e. The van der Waals surface area contributed by atoms with E-state index in [2.05, 4.69) is 30.0 Å². The molecule has 0 aliphatic carbocycles. The Hall–Kier alpha value is -5.44. The van der Waals surface area contributed by atoms with Gasteiger partial charge in [-0.2, -0.15) is 10.4 Å². The molecule has 0 aliphatic rings. The van der Waals surface area contributed by atoms with Crippen molar-refractivity contribution in [1.82, 2.24) is 39.1 Å². The molecule has 11 nitrogen and oxygen atoms in total. The van der Waals surface area contributed by atoms with Crippen LogP contribution in [-0.2, 0) is 6.54 Å². The van der Waals surface area contributed by atoms with Crippen molar-refractivity contribution in [3.8, 4) is 22.9 Å². The molecular weight excluding hydrogens is 487 g/mol. The van der Waals surface area contributed by atoms with Crippen LogP contribution >= 0.6 is 0 Å². The Morgan fingerprint density at radius 3 is 2.63 bits per heavy atom. The lowest BCUT2D eigenvalue weighted by atomic mass is 10.1. The lowest BCUT2D eigenvalue weighted by molar-refractivity contribution is 0.629. The van der Waals surface area contributed by atoms with E-state index in [9.17, 15) is 9.18 Å². The number of aromatic nitrogens is 8.